The lowest BCUT2D eigenvalue weighted by Crippen LogP contribution is -2.10. The second-order valence-corrected chi connectivity index (χ2v) is 12.5. The third-order valence-corrected chi connectivity index (χ3v) is 9.09. The van der Waals surface area contributed by atoms with Crippen LogP contribution in [0.1, 0.15) is 11.1 Å². The van der Waals surface area contributed by atoms with E-state index in [9.17, 15) is 0 Å². The summed E-state index contributed by atoms with van der Waals surface area (Å²) in [5.74, 6) is 0. The molecule has 0 aliphatic rings. The summed E-state index contributed by atoms with van der Waals surface area (Å²) in [6.45, 7) is 4.29. The Morgan fingerprint density at radius 1 is 0.271 bits per heavy atom. The van der Waals surface area contributed by atoms with Crippen LogP contribution in [0.3, 0.4) is 0 Å². The van der Waals surface area contributed by atoms with Crippen molar-refractivity contribution in [2.24, 2.45) is 0 Å². The van der Waals surface area contributed by atoms with Crippen molar-refractivity contribution >= 4 is 55.7 Å². The van der Waals surface area contributed by atoms with Crippen molar-refractivity contribution in [3.05, 3.63) is 193 Å². The molecule has 0 saturated carbocycles. The van der Waals surface area contributed by atoms with Crippen LogP contribution in [0.25, 0.3) is 32.7 Å². The number of benzene rings is 8. The highest BCUT2D eigenvalue weighted by molar-refractivity contribution is 5.92. The molecular weight excluding hydrogens is 581 g/mol. The van der Waals surface area contributed by atoms with Gasteiger partial charge in [0.25, 0.3) is 0 Å². The van der Waals surface area contributed by atoms with E-state index in [1.807, 2.05) is 0 Å². The normalized spacial score (nSPS) is 11.1. The maximum absolute atomic E-state index is 2.35. The fraction of sp³-hybridized carbons (Fsp3) is 0.0435. The number of fused-ring (bicyclic) bond motifs is 2. The van der Waals surface area contributed by atoms with Crippen LogP contribution >= 0.6 is 0 Å². The molecule has 0 atom stereocenters. The predicted molar refractivity (Wildman–Crippen MR) is 206 cm³/mol. The highest BCUT2D eigenvalue weighted by Gasteiger charge is 2.16. The Hall–Kier alpha value is -6.12. The summed E-state index contributed by atoms with van der Waals surface area (Å²) in [6.07, 6.45) is 0. The van der Waals surface area contributed by atoms with Crippen molar-refractivity contribution in [3.8, 4) is 11.1 Å². The van der Waals surface area contributed by atoms with E-state index < -0.39 is 0 Å². The number of aryl methyl sites for hydroxylation is 2. The zero-order chi connectivity index (χ0) is 32.5. The van der Waals surface area contributed by atoms with Crippen LogP contribution in [0.2, 0.25) is 0 Å². The van der Waals surface area contributed by atoms with Gasteiger partial charge in [-0.05, 0) is 130 Å². The van der Waals surface area contributed by atoms with Crippen LogP contribution in [-0.4, -0.2) is 0 Å². The molecule has 0 heterocycles. The third-order valence-electron chi connectivity index (χ3n) is 9.09. The minimum atomic E-state index is 1.12. The zero-order valence-electron chi connectivity index (χ0n) is 27.2. The number of rotatable bonds is 7. The highest BCUT2D eigenvalue weighted by atomic mass is 15.1. The van der Waals surface area contributed by atoms with Crippen molar-refractivity contribution < 1.29 is 0 Å². The summed E-state index contributed by atoms with van der Waals surface area (Å²) >= 11 is 0. The van der Waals surface area contributed by atoms with Crippen molar-refractivity contribution in [2.75, 3.05) is 9.80 Å². The molecule has 0 N–H and O–H groups in total. The molecular formula is C46H36N2. The van der Waals surface area contributed by atoms with Crippen LogP contribution in [0.5, 0.6) is 0 Å². The second kappa shape index (κ2) is 12.6. The summed E-state index contributed by atoms with van der Waals surface area (Å²) in [7, 11) is 0. The lowest BCUT2D eigenvalue weighted by molar-refractivity contribution is 1.26. The summed E-state index contributed by atoms with van der Waals surface area (Å²) in [5.41, 5.74) is 11.7. The molecule has 48 heavy (non-hydrogen) atoms. The van der Waals surface area contributed by atoms with Gasteiger partial charge in [-0.25, -0.2) is 0 Å². The zero-order valence-corrected chi connectivity index (χ0v) is 27.2. The van der Waals surface area contributed by atoms with Gasteiger partial charge >= 0.3 is 0 Å². The molecule has 0 fully saturated rings. The highest BCUT2D eigenvalue weighted by Crippen LogP contribution is 2.39. The first-order valence-corrected chi connectivity index (χ1v) is 16.5. The van der Waals surface area contributed by atoms with Gasteiger partial charge in [-0.2, -0.15) is 0 Å². The molecule has 2 heteroatoms. The van der Waals surface area contributed by atoms with E-state index in [-0.39, 0.29) is 0 Å². The van der Waals surface area contributed by atoms with E-state index in [0.29, 0.717) is 0 Å². The third kappa shape index (κ3) is 5.81. The molecule has 0 bridgehead atoms. The van der Waals surface area contributed by atoms with Crippen LogP contribution in [-0.2, 0) is 0 Å². The van der Waals surface area contributed by atoms with E-state index in [1.54, 1.807) is 0 Å². The van der Waals surface area contributed by atoms with E-state index >= 15 is 0 Å². The number of nitrogens with zero attached hydrogens (tertiary/aromatic N) is 2. The molecule has 0 spiro atoms. The fourth-order valence-electron chi connectivity index (χ4n) is 6.67. The summed E-state index contributed by atoms with van der Waals surface area (Å²) in [5, 5.41) is 4.93. The lowest BCUT2D eigenvalue weighted by atomic mass is 10.0. The van der Waals surface area contributed by atoms with Gasteiger partial charge in [0.15, 0.2) is 0 Å². The minimum absolute atomic E-state index is 1.12. The van der Waals surface area contributed by atoms with Gasteiger partial charge in [-0.15, -0.1) is 0 Å². The Morgan fingerprint density at radius 3 is 1.02 bits per heavy atom. The van der Waals surface area contributed by atoms with Gasteiger partial charge in [0, 0.05) is 34.1 Å². The Kier molecular flexibility index (Phi) is 7.68. The van der Waals surface area contributed by atoms with E-state index in [1.165, 1.54) is 43.8 Å². The molecule has 8 rings (SSSR count). The molecule has 0 amide bonds. The van der Waals surface area contributed by atoms with Crippen molar-refractivity contribution in [1.29, 1.82) is 0 Å². The summed E-state index contributed by atoms with van der Waals surface area (Å²) in [4.78, 5) is 4.69. The van der Waals surface area contributed by atoms with Gasteiger partial charge in [0.1, 0.15) is 0 Å². The quantitative estimate of drug-likeness (QED) is 0.176. The number of hydrogen-bond acceptors (Lipinski definition) is 2. The molecule has 0 saturated heterocycles. The first-order chi connectivity index (χ1) is 23.6. The smallest absolute Gasteiger partial charge is 0.0468 e. The molecule has 2 nitrogen and oxygen atoms in total. The first-order valence-electron chi connectivity index (χ1n) is 16.5. The SMILES string of the molecule is Cc1cccc(N(c2ccc(-c3ccc(N(c4ccc5ccccc5c4)c4ccc5ccccc5c4)cc3)cc2)c2cccc(C)c2)c1. The molecule has 8 aromatic rings. The number of anilines is 6. The minimum Gasteiger partial charge on any atom is -0.310 e. The molecule has 0 aromatic heterocycles. The van der Waals surface area contributed by atoms with Crippen LogP contribution in [0, 0.1) is 13.8 Å². The van der Waals surface area contributed by atoms with Gasteiger partial charge in [-0.3, -0.25) is 0 Å². The molecule has 0 aliphatic carbocycles. The maximum Gasteiger partial charge on any atom is 0.0468 e. The molecule has 230 valence electrons. The Morgan fingerprint density at radius 2 is 0.625 bits per heavy atom. The molecule has 0 unspecified atom stereocenters. The van der Waals surface area contributed by atoms with E-state index in [4.69, 9.17) is 0 Å². The van der Waals surface area contributed by atoms with Crippen LogP contribution in [0.4, 0.5) is 34.1 Å². The topological polar surface area (TPSA) is 6.48 Å². The second-order valence-electron chi connectivity index (χ2n) is 12.5. The number of hydrogen-bond donors (Lipinski definition) is 0. The van der Waals surface area contributed by atoms with Crippen LogP contribution < -0.4 is 9.80 Å². The van der Waals surface area contributed by atoms with Crippen molar-refractivity contribution in [3.63, 3.8) is 0 Å². The van der Waals surface area contributed by atoms with E-state index in [2.05, 4.69) is 206 Å². The molecule has 8 aromatic carbocycles. The Labute approximate surface area is 282 Å². The predicted octanol–water partition coefficient (Wildman–Crippen LogP) is 13.2. The Bertz CT molecular complexity index is 2250. The average molecular weight is 617 g/mol. The maximum atomic E-state index is 2.35. The largest absolute Gasteiger partial charge is 0.310 e. The Balaban J connectivity index is 1.15. The van der Waals surface area contributed by atoms with E-state index in [0.717, 1.165) is 34.1 Å². The first kappa shape index (κ1) is 29.3. The molecule has 0 radical (unpaired) electrons. The fourth-order valence-corrected chi connectivity index (χ4v) is 6.67. The van der Waals surface area contributed by atoms with Crippen molar-refractivity contribution in [1.82, 2.24) is 0 Å². The van der Waals surface area contributed by atoms with Crippen molar-refractivity contribution in [2.45, 2.75) is 13.8 Å². The monoisotopic (exact) mass is 616 g/mol. The molecule has 0 aliphatic heterocycles. The van der Waals surface area contributed by atoms with Gasteiger partial charge in [0.2, 0.25) is 0 Å². The lowest BCUT2D eigenvalue weighted by Gasteiger charge is -2.27. The van der Waals surface area contributed by atoms with Gasteiger partial charge in [-0.1, -0.05) is 109 Å². The van der Waals surface area contributed by atoms with Crippen LogP contribution in [0.15, 0.2) is 182 Å². The van der Waals surface area contributed by atoms with Gasteiger partial charge in [0.05, 0.1) is 0 Å². The summed E-state index contributed by atoms with van der Waals surface area (Å²) in [6, 6.07) is 65.8. The van der Waals surface area contributed by atoms with Gasteiger partial charge < -0.3 is 9.80 Å². The average Bonchev–Trinajstić information content (AvgIpc) is 3.12. The summed E-state index contributed by atoms with van der Waals surface area (Å²) < 4.78 is 0. The standard InChI is InChI=1S/C46H36N2/c1-33-9-7-15-43(29-33)47(44-16-8-10-34(2)30-44)41-23-17-37(18-24-41)38-19-25-42(26-20-38)48(45-27-21-35-11-3-5-13-39(35)31-45)46-28-22-36-12-4-6-14-40(36)32-46/h3-32H,1-2H3.